The normalized spacial score (nSPS) is 10.2. The first-order valence-corrected chi connectivity index (χ1v) is 6.69. The van der Waals surface area contributed by atoms with Gasteiger partial charge in [-0.25, -0.2) is 0 Å². The van der Waals surface area contributed by atoms with Crippen molar-refractivity contribution in [3.8, 4) is 0 Å². The molecule has 0 bridgehead atoms. The SMILES string of the molecule is C=CC(C)CCc1ccc(N)cc1.CC.CC. The van der Waals surface area contributed by atoms with E-state index in [-0.39, 0.29) is 0 Å². The van der Waals surface area contributed by atoms with Crippen LogP contribution in [0.5, 0.6) is 0 Å². The second-order valence-corrected chi connectivity index (χ2v) is 3.49. The maximum atomic E-state index is 5.59. The summed E-state index contributed by atoms with van der Waals surface area (Å²) in [5.74, 6) is 0.595. The molecule has 0 spiro atoms. The lowest BCUT2D eigenvalue weighted by Crippen LogP contribution is -1.93. The molecule has 0 amide bonds. The van der Waals surface area contributed by atoms with E-state index in [0.717, 1.165) is 18.5 Å². The van der Waals surface area contributed by atoms with Crippen molar-refractivity contribution in [2.45, 2.75) is 47.5 Å². The standard InChI is InChI=1S/C12H17N.2C2H6/c1-3-10(2)4-5-11-6-8-12(13)9-7-11;2*1-2/h3,6-10H,1,4-5,13H2,2H3;2*1-2H3. The molecule has 0 aliphatic carbocycles. The maximum Gasteiger partial charge on any atom is 0.0314 e. The highest BCUT2D eigenvalue weighted by Gasteiger charge is 1.97. The molecule has 1 nitrogen and oxygen atoms in total. The maximum absolute atomic E-state index is 5.59. The van der Waals surface area contributed by atoms with Crippen LogP contribution in [-0.2, 0) is 6.42 Å². The van der Waals surface area contributed by atoms with Crippen LogP contribution < -0.4 is 5.73 Å². The molecule has 0 radical (unpaired) electrons. The number of nitrogens with two attached hydrogens (primary N) is 1. The van der Waals surface area contributed by atoms with E-state index in [0.29, 0.717) is 5.92 Å². The molecule has 0 aromatic heterocycles. The van der Waals surface area contributed by atoms with Crippen molar-refractivity contribution in [3.05, 3.63) is 42.5 Å². The summed E-state index contributed by atoms with van der Waals surface area (Å²) in [5, 5.41) is 0. The van der Waals surface area contributed by atoms with Crippen molar-refractivity contribution >= 4 is 5.69 Å². The van der Waals surface area contributed by atoms with Crippen molar-refractivity contribution < 1.29 is 0 Å². The van der Waals surface area contributed by atoms with E-state index >= 15 is 0 Å². The molecule has 0 aliphatic rings. The van der Waals surface area contributed by atoms with Crippen LogP contribution in [0, 0.1) is 5.92 Å². The zero-order valence-electron chi connectivity index (χ0n) is 12.2. The molecule has 0 fully saturated rings. The summed E-state index contributed by atoms with van der Waals surface area (Å²) >= 11 is 0. The summed E-state index contributed by atoms with van der Waals surface area (Å²) < 4.78 is 0. The second-order valence-electron chi connectivity index (χ2n) is 3.49. The molecule has 98 valence electrons. The highest BCUT2D eigenvalue weighted by molar-refractivity contribution is 5.39. The van der Waals surface area contributed by atoms with E-state index in [2.05, 4.69) is 25.6 Å². The molecule has 1 aromatic rings. The van der Waals surface area contributed by atoms with Crippen LogP contribution >= 0.6 is 0 Å². The predicted molar refractivity (Wildman–Crippen MR) is 81.2 cm³/mol. The van der Waals surface area contributed by atoms with Crippen LogP contribution in [0.15, 0.2) is 36.9 Å². The van der Waals surface area contributed by atoms with Crippen molar-refractivity contribution in [2.24, 2.45) is 5.92 Å². The topological polar surface area (TPSA) is 26.0 Å². The van der Waals surface area contributed by atoms with Crippen LogP contribution in [0.1, 0.15) is 46.6 Å². The molecule has 1 aromatic carbocycles. The van der Waals surface area contributed by atoms with Crippen LogP contribution in [0.25, 0.3) is 0 Å². The number of allylic oxidation sites excluding steroid dienone is 1. The van der Waals surface area contributed by atoms with Gasteiger partial charge in [0.2, 0.25) is 0 Å². The molecular weight excluding hydrogens is 206 g/mol. The Morgan fingerprint density at radius 1 is 1.12 bits per heavy atom. The Morgan fingerprint density at radius 3 is 2.00 bits per heavy atom. The largest absolute Gasteiger partial charge is 0.399 e. The number of rotatable bonds is 4. The molecule has 0 aliphatic heterocycles. The van der Waals surface area contributed by atoms with Gasteiger partial charge >= 0.3 is 0 Å². The molecule has 1 rings (SSSR count). The minimum Gasteiger partial charge on any atom is -0.399 e. The number of anilines is 1. The van der Waals surface area contributed by atoms with Crippen LogP contribution in [0.2, 0.25) is 0 Å². The number of nitrogen functional groups attached to an aromatic ring is 1. The van der Waals surface area contributed by atoms with Crippen molar-refractivity contribution in [1.29, 1.82) is 0 Å². The smallest absolute Gasteiger partial charge is 0.0314 e. The second kappa shape index (κ2) is 12.8. The quantitative estimate of drug-likeness (QED) is 0.572. The van der Waals surface area contributed by atoms with Crippen LogP contribution in [0.4, 0.5) is 5.69 Å². The Morgan fingerprint density at radius 2 is 1.59 bits per heavy atom. The fourth-order valence-corrected chi connectivity index (χ4v) is 1.20. The average Bonchev–Trinajstić information content (AvgIpc) is 2.42. The summed E-state index contributed by atoms with van der Waals surface area (Å²) in [6.07, 6.45) is 4.26. The van der Waals surface area contributed by atoms with Crippen molar-refractivity contribution in [2.75, 3.05) is 5.73 Å². The lowest BCUT2D eigenvalue weighted by molar-refractivity contribution is 0.649. The van der Waals surface area contributed by atoms with E-state index in [1.807, 2.05) is 45.9 Å². The van der Waals surface area contributed by atoms with Crippen LogP contribution in [0.3, 0.4) is 0 Å². The van der Waals surface area contributed by atoms with E-state index in [4.69, 9.17) is 5.73 Å². The molecule has 0 saturated heterocycles. The third-order valence-electron chi connectivity index (χ3n) is 2.27. The summed E-state index contributed by atoms with van der Waals surface area (Å²) in [6, 6.07) is 8.08. The van der Waals surface area contributed by atoms with E-state index in [1.54, 1.807) is 0 Å². The molecule has 0 saturated carbocycles. The minimum atomic E-state index is 0.595. The zero-order chi connectivity index (χ0) is 13.7. The van der Waals surface area contributed by atoms with E-state index in [9.17, 15) is 0 Å². The number of hydrogen-bond donors (Lipinski definition) is 1. The molecule has 17 heavy (non-hydrogen) atoms. The highest BCUT2D eigenvalue weighted by Crippen LogP contribution is 2.11. The minimum absolute atomic E-state index is 0.595. The summed E-state index contributed by atoms with van der Waals surface area (Å²) in [7, 11) is 0. The Bertz CT molecular complexity index is 261. The van der Waals surface area contributed by atoms with Gasteiger partial charge in [-0.3, -0.25) is 0 Å². The Hall–Kier alpha value is -1.24. The highest BCUT2D eigenvalue weighted by atomic mass is 14.5. The lowest BCUT2D eigenvalue weighted by Gasteiger charge is -2.05. The van der Waals surface area contributed by atoms with Gasteiger partial charge in [-0.2, -0.15) is 0 Å². The van der Waals surface area contributed by atoms with Gasteiger partial charge in [0.15, 0.2) is 0 Å². The van der Waals surface area contributed by atoms with Gasteiger partial charge < -0.3 is 5.73 Å². The molecule has 1 atom stereocenters. The van der Waals surface area contributed by atoms with Gasteiger partial charge in [-0.15, -0.1) is 6.58 Å². The van der Waals surface area contributed by atoms with Crippen molar-refractivity contribution in [3.63, 3.8) is 0 Å². The third kappa shape index (κ3) is 9.68. The van der Waals surface area contributed by atoms with Gasteiger partial charge in [-0.1, -0.05) is 52.8 Å². The van der Waals surface area contributed by atoms with Crippen molar-refractivity contribution in [1.82, 2.24) is 0 Å². The van der Waals surface area contributed by atoms with Gasteiger partial charge in [0.25, 0.3) is 0 Å². The zero-order valence-corrected chi connectivity index (χ0v) is 12.2. The lowest BCUT2D eigenvalue weighted by atomic mass is 10.0. The molecule has 2 N–H and O–H groups in total. The number of benzene rings is 1. The molecule has 1 heteroatoms. The fourth-order valence-electron chi connectivity index (χ4n) is 1.20. The van der Waals surface area contributed by atoms with Crippen LogP contribution in [-0.4, -0.2) is 0 Å². The Labute approximate surface area is 108 Å². The Kier molecular flexibility index (Phi) is 13.7. The van der Waals surface area contributed by atoms with E-state index < -0.39 is 0 Å². The average molecular weight is 235 g/mol. The third-order valence-corrected chi connectivity index (χ3v) is 2.27. The van der Waals surface area contributed by atoms with Gasteiger partial charge in [-0.05, 0) is 36.5 Å². The summed E-state index contributed by atoms with van der Waals surface area (Å²) in [4.78, 5) is 0. The molecule has 0 heterocycles. The number of hydrogen-bond acceptors (Lipinski definition) is 1. The molecule has 1 unspecified atom stereocenters. The fraction of sp³-hybridized carbons (Fsp3) is 0.500. The first-order valence-electron chi connectivity index (χ1n) is 6.69. The van der Waals surface area contributed by atoms with Gasteiger partial charge in [0, 0.05) is 5.69 Å². The summed E-state index contributed by atoms with van der Waals surface area (Å²) in [5.41, 5.74) is 7.78. The first kappa shape index (κ1) is 18.1. The van der Waals surface area contributed by atoms with Gasteiger partial charge in [0.1, 0.15) is 0 Å². The summed E-state index contributed by atoms with van der Waals surface area (Å²) in [6.45, 7) is 14.0. The molecular formula is C16H29N. The predicted octanol–water partition coefficient (Wildman–Crippen LogP) is 5.08. The first-order chi connectivity index (χ1) is 8.22. The van der Waals surface area contributed by atoms with Gasteiger partial charge in [0.05, 0.1) is 0 Å². The Balaban J connectivity index is 0. The number of aryl methyl sites for hydroxylation is 1. The monoisotopic (exact) mass is 235 g/mol. The van der Waals surface area contributed by atoms with E-state index in [1.165, 1.54) is 5.56 Å².